The number of likely N-dealkylation sites (N-methyl/N-ethyl adjacent to an activating group) is 1. The van der Waals surface area contributed by atoms with Crippen molar-refractivity contribution in [1.29, 1.82) is 0 Å². The average Bonchev–Trinajstić information content (AvgIpc) is 2.37. The van der Waals surface area contributed by atoms with Crippen LogP contribution in [0.2, 0.25) is 0 Å². The van der Waals surface area contributed by atoms with Crippen molar-refractivity contribution >= 4 is 0 Å². The van der Waals surface area contributed by atoms with Gasteiger partial charge in [-0.3, -0.25) is 4.90 Å². The molecule has 0 heterocycles. The highest BCUT2D eigenvalue weighted by Crippen LogP contribution is 2.39. The first-order valence-electron chi connectivity index (χ1n) is 8.19. The molecule has 2 nitrogen and oxygen atoms in total. The molecule has 106 valence electrons. The smallest absolute Gasteiger partial charge is 0.0334 e. The Hall–Kier alpha value is -0.0800. The van der Waals surface area contributed by atoms with Crippen LogP contribution in [0.25, 0.3) is 0 Å². The van der Waals surface area contributed by atoms with Gasteiger partial charge in [-0.2, -0.15) is 0 Å². The maximum absolute atomic E-state index is 6.23. The molecule has 0 aromatic rings. The number of rotatable bonds is 6. The summed E-state index contributed by atoms with van der Waals surface area (Å²) >= 11 is 0. The van der Waals surface area contributed by atoms with E-state index in [1.807, 2.05) is 0 Å². The first-order chi connectivity index (χ1) is 8.74. The zero-order valence-corrected chi connectivity index (χ0v) is 12.5. The summed E-state index contributed by atoms with van der Waals surface area (Å²) in [5, 5.41) is 0. The van der Waals surface area contributed by atoms with E-state index >= 15 is 0 Å². The molecule has 0 spiro atoms. The van der Waals surface area contributed by atoms with Crippen molar-refractivity contribution in [3.05, 3.63) is 0 Å². The summed E-state index contributed by atoms with van der Waals surface area (Å²) in [5.74, 6) is 1.88. The first kappa shape index (κ1) is 14.3. The predicted octanol–water partition coefficient (Wildman–Crippen LogP) is 3.41. The van der Waals surface area contributed by atoms with Crippen LogP contribution >= 0.6 is 0 Å². The van der Waals surface area contributed by atoms with E-state index in [-0.39, 0.29) is 0 Å². The van der Waals surface area contributed by atoms with E-state index in [9.17, 15) is 0 Å². The lowest BCUT2D eigenvalue weighted by atomic mass is 9.72. The number of nitrogens with two attached hydrogens (primary N) is 1. The monoisotopic (exact) mass is 252 g/mol. The fourth-order valence-corrected chi connectivity index (χ4v) is 4.06. The predicted molar refractivity (Wildman–Crippen MR) is 78.6 cm³/mol. The summed E-state index contributed by atoms with van der Waals surface area (Å²) in [6.45, 7) is 8.03. The van der Waals surface area contributed by atoms with Gasteiger partial charge in [-0.15, -0.1) is 0 Å². The van der Waals surface area contributed by atoms with Gasteiger partial charge in [0.25, 0.3) is 0 Å². The van der Waals surface area contributed by atoms with Crippen molar-refractivity contribution in [2.75, 3.05) is 19.6 Å². The third-order valence-electron chi connectivity index (χ3n) is 5.64. The molecule has 0 aromatic carbocycles. The molecule has 0 radical (unpaired) electrons. The second kappa shape index (κ2) is 6.38. The minimum absolute atomic E-state index is 0.337. The standard InChI is InChI=1S/C16H32N2/c1-3-14-9-6-10-16(11-14,13-17)18(4-2)12-15-7-5-8-15/h14-15H,3-13,17H2,1-2H3. The molecule has 18 heavy (non-hydrogen) atoms. The highest BCUT2D eigenvalue weighted by atomic mass is 15.2. The first-order valence-corrected chi connectivity index (χ1v) is 8.19. The topological polar surface area (TPSA) is 29.3 Å². The molecule has 2 rings (SSSR count). The summed E-state index contributed by atoms with van der Waals surface area (Å²) in [6, 6.07) is 0. The Morgan fingerprint density at radius 2 is 1.83 bits per heavy atom. The van der Waals surface area contributed by atoms with Crippen LogP contribution < -0.4 is 5.73 Å². The summed E-state index contributed by atoms with van der Waals surface area (Å²) in [5.41, 5.74) is 6.56. The van der Waals surface area contributed by atoms with Crippen LogP contribution in [-0.4, -0.2) is 30.1 Å². The van der Waals surface area contributed by atoms with Gasteiger partial charge in [0.15, 0.2) is 0 Å². The van der Waals surface area contributed by atoms with Gasteiger partial charge in [0, 0.05) is 18.6 Å². The van der Waals surface area contributed by atoms with Crippen molar-refractivity contribution in [2.45, 2.75) is 70.8 Å². The molecule has 2 unspecified atom stereocenters. The van der Waals surface area contributed by atoms with Gasteiger partial charge in [0.05, 0.1) is 0 Å². The summed E-state index contributed by atoms with van der Waals surface area (Å²) < 4.78 is 0. The van der Waals surface area contributed by atoms with Gasteiger partial charge in [-0.1, -0.05) is 39.5 Å². The number of hydrogen-bond donors (Lipinski definition) is 1. The Morgan fingerprint density at radius 1 is 1.11 bits per heavy atom. The van der Waals surface area contributed by atoms with E-state index < -0.39 is 0 Å². The molecule has 2 fully saturated rings. The van der Waals surface area contributed by atoms with E-state index in [1.165, 1.54) is 64.5 Å². The zero-order valence-electron chi connectivity index (χ0n) is 12.5. The van der Waals surface area contributed by atoms with Crippen LogP contribution in [0, 0.1) is 11.8 Å². The molecule has 0 aromatic heterocycles. The van der Waals surface area contributed by atoms with Gasteiger partial charge in [0.2, 0.25) is 0 Å². The second-order valence-electron chi connectivity index (χ2n) is 6.63. The van der Waals surface area contributed by atoms with Crippen molar-refractivity contribution in [3.8, 4) is 0 Å². The van der Waals surface area contributed by atoms with E-state index in [0.29, 0.717) is 5.54 Å². The Bertz CT molecular complexity index is 249. The van der Waals surface area contributed by atoms with Crippen LogP contribution in [0.15, 0.2) is 0 Å². The minimum atomic E-state index is 0.337. The maximum Gasteiger partial charge on any atom is 0.0334 e. The van der Waals surface area contributed by atoms with Crippen molar-refractivity contribution < 1.29 is 0 Å². The Balaban J connectivity index is 2.02. The SMILES string of the molecule is CCC1CCCC(CN)(N(CC)CC2CCC2)C1. The Morgan fingerprint density at radius 3 is 2.33 bits per heavy atom. The van der Waals surface area contributed by atoms with Crippen LogP contribution in [0.4, 0.5) is 0 Å². The third-order valence-corrected chi connectivity index (χ3v) is 5.64. The summed E-state index contributed by atoms with van der Waals surface area (Å²) in [6.07, 6.45) is 11.2. The van der Waals surface area contributed by atoms with Crippen molar-refractivity contribution in [1.82, 2.24) is 4.90 Å². The van der Waals surface area contributed by atoms with Gasteiger partial charge in [-0.05, 0) is 44.1 Å². The lowest BCUT2D eigenvalue weighted by Crippen LogP contribution is -2.57. The molecule has 0 aliphatic heterocycles. The molecule has 2 N–H and O–H groups in total. The molecule has 2 aliphatic carbocycles. The fourth-order valence-electron chi connectivity index (χ4n) is 4.06. The molecule has 0 amide bonds. The van der Waals surface area contributed by atoms with Gasteiger partial charge in [-0.25, -0.2) is 0 Å². The van der Waals surface area contributed by atoms with E-state index in [4.69, 9.17) is 5.73 Å². The highest BCUT2D eigenvalue weighted by Gasteiger charge is 2.40. The van der Waals surface area contributed by atoms with E-state index in [2.05, 4.69) is 18.7 Å². The maximum atomic E-state index is 6.23. The molecular formula is C16H32N2. The minimum Gasteiger partial charge on any atom is -0.329 e. The Kier molecular flexibility index (Phi) is 5.08. The van der Waals surface area contributed by atoms with Crippen LogP contribution in [-0.2, 0) is 0 Å². The molecule has 2 saturated carbocycles. The lowest BCUT2D eigenvalue weighted by molar-refractivity contribution is 0.0166. The molecule has 0 saturated heterocycles. The largest absolute Gasteiger partial charge is 0.329 e. The third kappa shape index (κ3) is 2.91. The normalized spacial score (nSPS) is 33.7. The molecular weight excluding hydrogens is 220 g/mol. The zero-order chi connectivity index (χ0) is 13.0. The molecule has 0 bridgehead atoms. The van der Waals surface area contributed by atoms with Gasteiger partial charge in [0.1, 0.15) is 0 Å². The van der Waals surface area contributed by atoms with E-state index in [0.717, 1.165) is 18.4 Å². The van der Waals surface area contributed by atoms with Crippen LogP contribution in [0.3, 0.4) is 0 Å². The van der Waals surface area contributed by atoms with Crippen molar-refractivity contribution in [3.63, 3.8) is 0 Å². The second-order valence-corrected chi connectivity index (χ2v) is 6.63. The number of nitrogens with zero attached hydrogens (tertiary/aromatic N) is 1. The quantitative estimate of drug-likeness (QED) is 0.785. The molecule has 2 atom stereocenters. The number of hydrogen-bond acceptors (Lipinski definition) is 2. The fraction of sp³-hybridized carbons (Fsp3) is 1.00. The summed E-state index contributed by atoms with van der Waals surface area (Å²) in [7, 11) is 0. The lowest BCUT2D eigenvalue weighted by Gasteiger charge is -2.50. The van der Waals surface area contributed by atoms with Crippen molar-refractivity contribution in [2.24, 2.45) is 17.6 Å². The van der Waals surface area contributed by atoms with E-state index in [1.54, 1.807) is 0 Å². The van der Waals surface area contributed by atoms with Gasteiger partial charge >= 0.3 is 0 Å². The average molecular weight is 252 g/mol. The molecule has 2 heteroatoms. The van der Waals surface area contributed by atoms with Gasteiger partial charge < -0.3 is 5.73 Å². The Labute approximate surface area is 113 Å². The summed E-state index contributed by atoms with van der Waals surface area (Å²) in [4.78, 5) is 2.75. The van der Waals surface area contributed by atoms with Crippen LogP contribution in [0.5, 0.6) is 0 Å². The highest BCUT2D eigenvalue weighted by molar-refractivity contribution is 4.97. The van der Waals surface area contributed by atoms with Crippen LogP contribution in [0.1, 0.15) is 65.2 Å². The molecule has 2 aliphatic rings.